The number of ketones is 1. The van der Waals surface area contributed by atoms with Crippen LogP contribution in [0.15, 0.2) is 58.1 Å². The maximum Gasteiger partial charge on any atom is 0.332 e. The van der Waals surface area contributed by atoms with E-state index in [2.05, 4.69) is 5.32 Å². The van der Waals surface area contributed by atoms with Gasteiger partial charge in [0, 0.05) is 23.9 Å². The van der Waals surface area contributed by atoms with Gasteiger partial charge in [-0.15, -0.1) is 0 Å². The van der Waals surface area contributed by atoms with Crippen molar-refractivity contribution in [2.45, 2.75) is 26.9 Å². The van der Waals surface area contributed by atoms with Gasteiger partial charge >= 0.3 is 5.69 Å². The van der Waals surface area contributed by atoms with E-state index in [9.17, 15) is 24.5 Å². The van der Waals surface area contributed by atoms with Crippen molar-refractivity contribution in [2.24, 2.45) is 0 Å². The number of hydrogen-bond acceptors (Lipinski definition) is 7. The van der Waals surface area contributed by atoms with E-state index in [-0.39, 0.29) is 36.7 Å². The molecule has 1 aromatic heterocycles. The average molecular weight is 437 g/mol. The van der Waals surface area contributed by atoms with Gasteiger partial charge in [-0.3, -0.25) is 28.8 Å². The lowest BCUT2D eigenvalue weighted by Gasteiger charge is -2.16. The molecule has 10 nitrogen and oxygen atoms in total. The van der Waals surface area contributed by atoms with Gasteiger partial charge in [0.15, 0.2) is 5.78 Å². The molecule has 3 rings (SSSR count). The molecule has 0 radical (unpaired) electrons. The van der Waals surface area contributed by atoms with E-state index in [0.29, 0.717) is 11.3 Å². The first-order chi connectivity index (χ1) is 15.3. The second-order valence-corrected chi connectivity index (χ2v) is 7.15. The smallest absolute Gasteiger partial charge is 0.332 e. The SMILES string of the molecule is CCn1c(=O)c(C(=O)CNc2cccc([N+](=O)[O-])c2C)c(N)n(Cc2ccccc2)c1=O. The zero-order valence-corrected chi connectivity index (χ0v) is 17.7. The van der Waals surface area contributed by atoms with E-state index in [1.54, 1.807) is 32.0 Å². The molecule has 0 fully saturated rings. The highest BCUT2D eigenvalue weighted by molar-refractivity contribution is 6.02. The van der Waals surface area contributed by atoms with E-state index >= 15 is 0 Å². The van der Waals surface area contributed by atoms with Crippen LogP contribution in [-0.2, 0) is 13.1 Å². The van der Waals surface area contributed by atoms with Gasteiger partial charge in [0.05, 0.1) is 18.0 Å². The summed E-state index contributed by atoms with van der Waals surface area (Å²) in [7, 11) is 0. The number of nitrogens with two attached hydrogens (primary N) is 1. The number of nitro benzene ring substituents is 1. The number of benzene rings is 2. The summed E-state index contributed by atoms with van der Waals surface area (Å²) in [5.74, 6) is -0.835. The fourth-order valence-electron chi connectivity index (χ4n) is 3.45. The number of carbonyl (C=O) groups excluding carboxylic acids is 1. The Morgan fingerprint density at radius 3 is 2.41 bits per heavy atom. The van der Waals surface area contributed by atoms with Crippen molar-refractivity contribution >= 4 is 23.0 Å². The van der Waals surface area contributed by atoms with Crippen LogP contribution in [0.1, 0.15) is 28.4 Å². The molecule has 10 heteroatoms. The first-order valence-electron chi connectivity index (χ1n) is 9.94. The molecular formula is C22H23N5O5. The Balaban J connectivity index is 1.98. The van der Waals surface area contributed by atoms with Crippen molar-refractivity contribution in [3.05, 3.63) is 96.2 Å². The lowest BCUT2D eigenvalue weighted by Crippen LogP contribution is -2.44. The number of nitro groups is 1. The molecule has 3 N–H and O–H groups in total. The number of Topliss-reactive ketones (excluding diaryl/α,β-unsaturated/α-hetero) is 1. The Kier molecular flexibility index (Phi) is 6.53. The van der Waals surface area contributed by atoms with Gasteiger partial charge < -0.3 is 11.1 Å². The summed E-state index contributed by atoms with van der Waals surface area (Å²) in [6, 6.07) is 13.5. The molecule has 2 aromatic carbocycles. The van der Waals surface area contributed by atoms with E-state index in [1.807, 2.05) is 18.2 Å². The Labute approximate surface area is 183 Å². The van der Waals surface area contributed by atoms with Crippen LogP contribution >= 0.6 is 0 Å². The van der Waals surface area contributed by atoms with Crippen LogP contribution in [0.2, 0.25) is 0 Å². The van der Waals surface area contributed by atoms with E-state index in [4.69, 9.17) is 5.73 Å². The van der Waals surface area contributed by atoms with Crippen LogP contribution in [0, 0.1) is 17.0 Å². The predicted molar refractivity (Wildman–Crippen MR) is 121 cm³/mol. The van der Waals surface area contributed by atoms with Crippen molar-refractivity contribution in [3.63, 3.8) is 0 Å². The average Bonchev–Trinajstić information content (AvgIpc) is 2.77. The lowest BCUT2D eigenvalue weighted by molar-refractivity contribution is -0.385. The lowest BCUT2D eigenvalue weighted by atomic mass is 10.1. The summed E-state index contributed by atoms with van der Waals surface area (Å²) in [5.41, 5.74) is 5.92. The molecule has 0 amide bonds. The third kappa shape index (κ3) is 4.29. The molecule has 0 aliphatic heterocycles. The molecule has 0 aliphatic carbocycles. The van der Waals surface area contributed by atoms with Crippen molar-refractivity contribution < 1.29 is 9.72 Å². The van der Waals surface area contributed by atoms with E-state index < -0.39 is 22.0 Å². The summed E-state index contributed by atoms with van der Waals surface area (Å²) in [5, 5.41) is 14.0. The molecule has 0 spiro atoms. The Hall–Kier alpha value is -4.21. The molecule has 0 aliphatic rings. The third-order valence-corrected chi connectivity index (χ3v) is 5.19. The highest BCUT2D eigenvalue weighted by atomic mass is 16.6. The molecule has 1 heterocycles. The Bertz CT molecular complexity index is 1290. The highest BCUT2D eigenvalue weighted by Gasteiger charge is 2.23. The topological polar surface area (TPSA) is 142 Å². The molecule has 0 saturated heterocycles. The standard InChI is InChI=1S/C22H23N5O5/c1-3-25-21(29)19(20(23)26(22(25)30)13-15-8-5-4-6-9-15)18(28)12-24-16-10-7-11-17(14(16)2)27(31)32/h4-11,24H,3,12-13,23H2,1-2H3. The first kappa shape index (κ1) is 22.5. The minimum atomic E-state index is -0.762. The summed E-state index contributed by atoms with van der Waals surface area (Å²) in [6.07, 6.45) is 0. The number of nitrogen functional groups attached to an aromatic ring is 1. The fraction of sp³-hybridized carbons (Fsp3) is 0.227. The largest absolute Gasteiger partial charge is 0.384 e. The molecule has 0 unspecified atom stereocenters. The second kappa shape index (κ2) is 9.29. The Morgan fingerprint density at radius 1 is 1.09 bits per heavy atom. The molecular weight excluding hydrogens is 414 g/mol. The number of nitrogens with zero attached hydrogens (tertiary/aromatic N) is 3. The van der Waals surface area contributed by atoms with Crippen LogP contribution in [0.3, 0.4) is 0 Å². The van der Waals surface area contributed by atoms with Crippen molar-refractivity contribution in [3.8, 4) is 0 Å². The van der Waals surface area contributed by atoms with Gasteiger partial charge in [-0.2, -0.15) is 0 Å². The molecule has 3 aromatic rings. The monoisotopic (exact) mass is 437 g/mol. The molecule has 32 heavy (non-hydrogen) atoms. The normalized spacial score (nSPS) is 10.7. The van der Waals surface area contributed by atoms with E-state index in [1.165, 1.54) is 16.7 Å². The maximum absolute atomic E-state index is 13.0. The minimum Gasteiger partial charge on any atom is -0.384 e. The molecule has 166 valence electrons. The fourth-order valence-corrected chi connectivity index (χ4v) is 3.45. The predicted octanol–water partition coefficient (Wildman–Crippen LogP) is 2.17. The number of hydrogen-bond donors (Lipinski definition) is 2. The van der Waals surface area contributed by atoms with E-state index in [0.717, 1.165) is 10.1 Å². The van der Waals surface area contributed by atoms with Gasteiger partial charge in [0.2, 0.25) is 0 Å². The van der Waals surface area contributed by atoms with Gasteiger partial charge in [0.25, 0.3) is 11.2 Å². The zero-order chi connectivity index (χ0) is 23.4. The number of rotatable bonds is 8. The van der Waals surface area contributed by atoms with Crippen LogP contribution in [0.25, 0.3) is 0 Å². The van der Waals surface area contributed by atoms with Crippen molar-refractivity contribution in [1.82, 2.24) is 9.13 Å². The van der Waals surface area contributed by atoms with Crippen LogP contribution < -0.4 is 22.3 Å². The molecule has 0 saturated carbocycles. The van der Waals surface area contributed by atoms with Crippen LogP contribution in [0.5, 0.6) is 0 Å². The molecule has 0 atom stereocenters. The van der Waals surface area contributed by atoms with Gasteiger partial charge in [-0.05, 0) is 25.5 Å². The number of carbonyl (C=O) groups is 1. The Morgan fingerprint density at radius 2 is 1.78 bits per heavy atom. The second-order valence-electron chi connectivity index (χ2n) is 7.15. The van der Waals surface area contributed by atoms with Crippen LogP contribution in [-0.4, -0.2) is 26.4 Å². The van der Waals surface area contributed by atoms with Gasteiger partial charge in [0.1, 0.15) is 11.4 Å². The van der Waals surface area contributed by atoms with Crippen molar-refractivity contribution in [1.29, 1.82) is 0 Å². The zero-order valence-electron chi connectivity index (χ0n) is 17.7. The minimum absolute atomic E-state index is 0.0738. The van der Waals surface area contributed by atoms with Gasteiger partial charge in [-0.25, -0.2) is 4.79 Å². The summed E-state index contributed by atoms with van der Waals surface area (Å²) in [6.45, 7) is 3.04. The van der Waals surface area contributed by atoms with Crippen molar-refractivity contribution in [2.75, 3.05) is 17.6 Å². The number of aromatic nitrogens is 2. The summed E-state index contributed by atoms with van der Waals surface area (Å²) >= 11 is 0. The summed E-state index contributed by atoms with van der Waals surface area (Å²) in [4.78, 5) is 49.2. The molecule has 0 bridgehead atoms. The number of nitrogens with one attached hydrogen (secondary N) is 1. The maximum atomic E-state index is 13.0. The first-order valence-corrected chi connectivity index (χ1v) is 9.94. The van der Waals surface area contributed by atoms with Crippen LogP contribution in [0.4, 0.5) is 17.2 Å². The number of anilines is 2. The third-order valence-electron chi connectivity index (χ3n) is 5.19. The summed E-state index contributed by atoms with van der Waals surface area (Å²) < 4.78 is 2.16. The van der Waals surface area contributed by atoms with Gasteiger partial charge in [-0.1, -0.05) is 36.4 Å². The highest BCUT2D eigenvalue weighted by Crippen LogP contribution is 2.25. The quantitative estimate of drug-likeness (QED) is 0.312.